The predicted octanol–water partition coefficient (Wildman–Crippen LogP) is 3.79. The molecule has 1 amide bonds. The van der Waals surface area contributed by atoms with Crippen molar-refractivity contribution in [3.8, 4) is 11.5 Å². The van der Waals surface area contributed by atoms with Crippen LogP contribution >= 0.6 is 0 Å². The van der Waals surface area contributed by atoms with Gasteiger partial charge in [0.2, 0.25) is 0 Å². The molecule has 0 saturated carbocycles. The molecular weight excluding hydrogens is 440 g/mol. The van der Waals surface area contributed by atoms with Crippen LogP contribution in [0, 0.1) is 0 Å². The summed E-state index contributed by atoms with van der Waals surface area (Å²) in [6.45, 7) is 6.09. The quantitative estimate of drug-likeness (QED) is 0.379. The van der Waals surface area contributed by atoms with E-state index in [2.05, 4.69) is 50.7 Å². The van der Waals surface area contributed by atoms with E-state index < -0.39 is 0 Å². The van der Waals surface area contributed by atoms with E-state index in [1.54, 1.807) is 26.5 Å². The zero-order valence-corrected chi connectivity index (χ0v) is 20.3. The molecule has 1 fully saturated rings. The van der Waals surface area contributed by atoms with Crippen LogP contribution in [-0.4, -0.2) is 62.3 Å². The van der Waals surface area contributed by atoms with Crippen molar-refractivity contribution < 1.29 is 14.3 Å². The third-order valence-corrected chi connectivity index (χ3v) is 6.14. The molecule has 1 saturated heterocycles. The Kier molecular flexibility index (Phi) is 8.48. The molecule has 1 N–H and O–H groups in total. The molecule has 35 heavy (non-hydrogen) atoms. The Bertz CT molecular complexity index is 1120. The lowest BCUT2D eigenvalue weighted by atomic mass is 10.1. The molecule has 0 aliphatic carbocycles. The van der Waals surface area contributed by atoms with Crippen molar-refractivity contribution in [2.75, 3.05) is 40.4 Å². The van der Waals surface area contributed by atoms with Crippen LogP contribution in [0.5, 0.6) is 11.5 Å². The number of hydrogen-bond donors (Lipinski definition) is 1. The summed E-state index contributed by atoms with van der Waals surface area (Å²) in [6, 6.07) is 23.8. The molecule has 1 aliphatic rings. The summed E-state index contributed by atoms with van der Waals surface area (Å²) in [7, 11) is 3.15. The highest BCUT2D eigenvalue weighted by Crippen LogP contribution is 2.29. The Balaban J connectivity index is 1.25. The Labute approximate surface area is 207 Å². The minimum Gasteiger partial charge on any atom is -0.493 e. The maximum absolute atomic E-state index is 12.5. The first kappa shape index (κ1) is 24.4. The van der Waals surface area contributed by atoms with Crippen molar-refractivity contribution >= 4 is 12.1 Å². The molecular formula is C28H32N4O3. The van der Waals surface area contributed by atoms with Gasteiger partial charge < -0.3 is 9.47 Å². The molecule has 4 rings (SSSR count). The van der Waals surface area contributed by atoms with Gasteiger partial charge in [-0.05, 0) is 35.4 Å². The van der Waals surface area contributed by atoms with Gasteiger partial charge in [0.05, 0.1) is 20.4 Å². The Morgan fingerprint density at radius 2 is 1.46 bits per heavy atom. The number of carbonyl (C=O) groups is 1. The molecule has 3 aromatic carbocycles. The zero-order valence-electron chi connectivity index (χ0n) is 20.3. The maximum Gasteiger partial charge on any atom is 0.271 e. The van der Waals surface area contributed by atoms with Gasteiger partial charge in [0, 0.05) is 50.4 Å². The third kappa shape index (κ3) is 6.68. The standard InChI is InChI=1S/C28H32N4O3/c1-34-26-10-6-9-25(27(26)35-2)19-29-30-28(33)24-13-11-23(12-14-24)21-32-17-15-31(16-18-32)20-22-7-4-3-5-8-22/h3-14,19H,15-18,20-21H2,1-2H3,(H,30,33)/b29-19-. The van der Waals surface area contributed by atoms with E-state index in [4.69, 9.17) is 9.47 Å². The molecule has 1 heterocycles. The van der Waals surface area contributed by atoms with E-state index in [1.165, 1.54) is 11.1 Å². The van der Waals surface area contributed by atoms with Gasteiger partial charge in [-0.15, -0.1) is 0 Å². The van der Waals surface area contributed by atoms with Crippen LogP contribution in [0.15, 0.2) is 77.9 Å². The van der Waals surface area contributed by atoms with Crippen molar-refractivity contribution in [2.24, 2.45) is 5.10 Å². The van der Waals surface area contributed by atoms with Crippen molar-refractivity contribution in [1.82, 2.24) is 15.2 Å². The predicted molar refractivity (Wildman–Crippen MR) is 138 cm³/mol. The summed E-state index contributed by atoms with van der Waals surface area (Å²) in [6.07, 6.45) is 1.55. The van der Waals surface area contributed by atoms with E-state index in [-0.39, 0.29) is 5.91 Å². The summed E-state index contributed by atoms with van der Waals surface area (Å²) in [4.78, 5) is 17.5. The SMILES string of the molecule is COc1cccc(/C=N\NC(=O)c2ccc(CN3CCN(Cc4ccccc4)CC3)cc2)c1OC. The number of carbonyl (C=O) groups excluding carboxylic acids is 1. The monoisotopic (exact) mass is 472 g/mol. The van der Waals surface area contributed by atoms with Crippen LogP contribution in [0.25, 0.3) is 0 Å². The van der Waals surface area contributed by atoms with Crippen molar-refractivity contribution in [3.63, 3.8) is 0 Å². The molecule has 0 aromatic heterocycles. The van der Waals surface area contributed by atoms with Crippen LogP contribution in [0.3, 0.4) is 0 Å². The number of piperazine rings is 1. The first-order chi connectivity index (χ1) is 17.2. The molecule has 7 nitrogen and oxygen atoms in total. The van der Waals surface area contributed by atoms with Crippen LogP contribution in [0.4, 0.5) is 0 Å². The van der Waals surface area contributed by atoms with Gasteiger partial charge in [0.25, 0.3) is 5.91 Å². The van der Waals surface area contributed by atoms with E-state index in [1.807, 2.05) is 36.4 Å². The summed E-state index contributed by atoms with van der Waals surface area (Å²) < 4.78 is 10.7. The molecule has 182 valence electrons. The molecule has 3 aromatic rings. The highest BCUT2D eigenvalue weighted by molar-refractivity contribution is 5.95. The van der Waals surface area contributed by atoms with E-state index in [0.717, 1.165) is 39.3 Å². The van der Waals surface area contributed by atoms with Crippen LogP contribution in [0.2, 0.25) is 0 Å². The first-order valence-electron chi connectivity index (χ1n) is 11.8. The summed E-state index contributed by atoms with van der Waals surface area (Å²) in [5, 5.41) is 4.08. The zero-order chi connectivity index (χ0) is 24.5. The average Bonchev–Trinajstić information content (AvgIpc) is 2.90. The number of methoxy groups -OCH3 is 2. The Morgan fingerprint density at radius 1 is 0.829 bits per heavy atom. The Hall–Kier alpha value is -3.68. The minimum atomic E-state index is -0.260. The minimum absolute atomic E-state index is 0.260. The molecule has 7 heteroatoms. The lowest BCUT2D eigenvalue weighted by Gasteiger charge is -2.34. The third-order valence-electron chi connectivity index (χ3n) is 6.14. The lowest BCUT2D eigenvalue weighted by molar-refractivity contribution is 0.0955. The maximum atomic E-state index is 12.5. The fraction of sp³-hybridized carbons (Fsp3) is 0.286. The molecule has 1 aliphatic heterocycles. The lowest BCUT2D eigenvalue weighted by Crippen LogP contribution is -2.45. The number of benzene rings is 3. The smallest absolute Gasteiger partial charge is 0.271 e. The molecule has 0 spiro atoms. The van der Waals surface area contributed by atoms with Crippen LogP contribution in [0.1, 0.15) is 27.0 Å². The average molecular weight is 473 g/mol. The van der Waals surface area contributed by atoms with Crippen LogP contribution < -0.4 is 14.9 Å². The van der Waals surface area contributed by atoms with E-state index in [0.29, 0.717) is 22.6 Å². The number of rotatable bonds is 9. The topological polar surface area (TPSA) is 66.4 Å². The van der Waals surface area contributed by atoms with E-state index >= 15 is 0 Å². The summed E-state index contributed by atoms with van der Waals surface area (Å²) in [5.74, 6) is 0.915. The van der Waals surface area contributed by atoms with Gasteiger partial charge in [0.15, 0.2) is 11.5 Å². The molecule has 0 bridgehead atoms. The van der Waals surface area contributed by atoms with Crippen molar-refractivity contribution in [3.05, 3.63) is 95.1 Å². The van der Waals surface area contributed by atoms with Crippen molar-refractivity contribution in [2.45, 2.75) is 13.1 Å². The molecule has 0 unspecified atom stereocenters. The second kappa shape index (κ2) is 12.1. The number of nitrogens with one attached hydrogen (secondary N) is 1. The fourth-order valence-corrected chi connectivity index (χ4v) is 4.21. The van der Waals surface area contributed by atoms with Crippen molar-refractivity contribution in [1.29, 1.82) is 0 Å². The highest BCUT2D eigenvalue weighted by Gasteiger charge is 2.17. The first-order valence-corrected chi connectivity index (χ1v) is 11.8. The van der Waals surface area contributed by atoms with Gasteiger partial charge in [-0.3, -0.25) is 14.6 Å². The summed E-state index contributed by atoms with van der Waals surface area (Å²) >= 11 is 0. The normalized spacial score (nSPS) is 14.7. The Morgan fingerprint density at radius 3 is 2.06 bits per heavy atom. The number of para-hydroxylation sites is 1. The molecule has 0 radical (unpaired) electrons. The number of hydrogen-bond acceptors (Lipinski definition) is 6. The second-order valence-electron chi connectivity index (χ2n) is 8.52. The molecule has 0 atom stereocenters. The van der Waals surface area contributed by atoms with Crippen LogP contribution in [-0.2, 0) is 13.1 Å². The largest absolute Gasteiger partial charge is 0.493 e. The second-order valence-corrected chi connectivity index (χ2v) is 8.52. The van der Waals surface area contributed by atoms with Gasteiger partial charge in [-0.1, -0.05) is 48.5 Å². The highest BCUT2D eigenvalue weighted by atomic mass is 16.5. The fourth-order valence-electron chi connectivity index (χ4n) is 4.21. The van der Waals surface area contributed by atoms with Gasteiger partial charge in [-0.25, -0.2) is 5.43 Å². The summed E-state index contributed by atoms with van der Waals surface area (Å²) in [5.41, 5.74) is 6.42. The number of ether oxygens (including phenoxy) is 2. The van der Waals surface area contributed by atoms with Gasteiger partial charge in [-0.2, -0.15) is 5.10 Å². The number of amides is 1. The van der Waals surface area contributed by atoms with E-state index in [9.17, 15) is 4.79 Å². The van der Waals surface area contributed by atoms with Gasteiger partial charge in [0.1, 0.15) is 0 Å². The number of hydrazone groups is 1. The number of nitrogens with zero attached hydrogens (tertiary/aromatic N) is 3. The van der Waals surface area contributed by atoms with Gasteiger partial charge >= 0.3 is 0 Å².